The van der Waals surface area contributed by atoms with E-state index < -0.39 is 8.56 Å². The molecule has 5 heteroatoms. The fraction of sp³-hybridized carbons (Fsp3) is 1.00. The van der Waals surface area contributed by atoms with Crippen LogP contribution < -0.4 is 29.6 Å². The van der Waals surface area contributed by atoms with Crippen LogP contribution in [0.15, 0.2) is 0 Å². The van der Waals surface area contributed by atoms with Crippen molar-refractivity contribution in [2.45, 2.75) is 32.0 Å². The first kappa shape index (κ1) is 13.5. The normalized spacial score (nSPS) is 34.8. The van der Waals surface area contributed by atoms with E-state index in [9.17, 15) is 0 Å². The average molecular weight is 214 g/mol. The topological polar surface area (TPSA) is 18.5 Å². The third-order valence-corrected chi connectivity index (χ3v) is 5.08. The van der Waals surface area contributed by atoms with Gasteiger partial charge in [-0.1, -0.05) is 6.42 Å². The largest absolute Gasteiger partial charge is 1.00 e. The molecule has 1 saturated heterocycles. The van der Waals surface area contributed by atoms with Crippen molar-refractivity contribution >= 4 is 21.2 Å². The zero-order valence-electron chi connectivity index (χ0n) is 8.13. The first-order valence-corrected chi connectivity index (χ1v) is 7.16. The Morgan fingerprint density at radius 2 is 2.25 bits per heavy atom. The molecule has 2 atom stereocenters. The van der Waals surface area contributed by atoms with E-state index in [0.29, 0.717) is 6.10 Å². The maximum atomic E-state index is 5.72. The summed E-state index contributed by atoms with van der Waals surface area (Å²) in [6.07, 6.45) is 1.36. The second-order valence-electron chi connectivity index (χ2n) is 3.18. The van der Waals surface area contributed by atoms with E-state index in [2.05, 4.69) is 13.5 Å². The molecule has 1 rings (SSSR count). The van der Waals surface area contributed by atoms with Crippen LogP contribution in [0.5, 0.6) is 0 Å². The predicted octanol–water partition coefficient (Wildman–Crippen LogP) is -1.57. The summed E-state index contributed by atoms with van der Waals surface area (Å²) in [7, 11) is -1.74. The SMILES string of the molecule is CC1CO[Si](C)(CCC[S-])O1.[Na+]. The minimum atomic E-state index is -1.74. The molecule has 12 heavy (non-hydrogen) atoms. The van der Waals surface area contributed by atoms with Gasteiger partial charge in [-0.2, -0.15) is 5.75 Å². The van der Waals surface area contributed by atoms with Crippen molar-refractivity contribution in [3.63, 3.8) is 0 Å². The Kier molecular flexibility index (Phi) is 6.81. The van der Waals surface area contributed by atoms with E-state index in [1.54, 1.807) is 0 Å². The molecule has 0 spiro atoms. The van der Waals surface area contributed by atoms with Gasteiger partial charge in [0, 0.05) is 0 Å². The summed E-state index contributed by atoms with van der Waals surface area (Å²) < 4.78 is 11.3. The van der Waals surface area contributed by atoms with Gasteiger partial charge in [0.05, 0.1) is 12.7 Å². The molecule has 0 radical (unpaired) electrons. The predicted molar refractivity (Wildman–Crippen MR) is 49.8 cm³/mol. The first-order valence-electron chi connectivity index (χ1n) is 4.06. The van der Waals surface area contributed by atoms with Crippen molar-refractivity contribution in [1.29, 1.82) is 0 Å². The average Bonchev–Trinajstić information content (AvgIpc) is 2.28. The van der Waals surface area contributed by atoms with Crippen LogP contribution in [0.1, 0.15) is 13.3 Å². The summed E-state index contributed by atoms with van der Waals surface area (Å²) in [5, 5.41) is 0. The fourth-order valence-electron chi connectivity index (χ4n) is 1.31. The molecular weight excluding hydrogens is 199 g/mol. The van der Waals surface area contributed by atoms with E-state index in [0.717, 1.165) is 24.8 Å². The second kappa shape index (κ2) is 6.06. The van der Waals surface area contributed by atoms with Crippen LogP contribution in [0.25, 0.3) is 0 Å². The quantitative estimate of drug-likeness (QED) is 0.418. The van der Waals surface area contributed by atoms with E-state index >= 15 is 0 Å². The Morgan fingerprint density at radius 3 is 2.67 bits per heavy atom. The van der Waals surface area contributed by atoms with Crippen LogP contribution >= 0.6 is 0 Å². The van der Waals surface area contributed by atoms with Gasteiger partial charge in [-0.25, -0.2) is 0 Å². The molecule has 0 N–H and O–H groups in total. The zero-order valence-corrected chi connectivity index (χ0v) is 11.9. The van der Waals surface area contributed by atoms with Gasteiger partial charge in [-0.15, -0.1) is 0 Å². The van der Waals surface area contributed by atoms with Crippen molar-refractivity contribution in [2.75, 3.05) is 12.4 Å². The smallest absolute Gasteiger partial charge is 0.793 e. The van der Waals surface area contributed by atoms with E-state index in [1.807, 2.05) is 0 Å². The minimum absolute atomic E-state index is 0. The first-order chi connectivity index (χ1) is 5.16. The third-order valence-electron chi connectivity index (χ3n) is 1.85. The molecular formula is C7H15NaO2SSi. The maximum Gasteiger partial charge on any atom is 1.00 e. The molecule has 0 amide bonds. The Labute approximate surface area is 103 Å². The van der Waals surface area contributed by atoms with Gasteiger partial charge in [0.2, 0.25) is 0 Å². The molecule has 0 saturated carbocycles. The Hall–Kier alpha value is 1.49. The molecule has 0 bridgehead atoms. The summed E-state index contributed by atoms with van der Waals surface area (Å²) in [5.41, 5.74) is 0. The van der Waals surface area contributed by atoms with Gasteiger partial charge < -0.3 is 21.5 Å². The van der Waals surface area contributed by atoms with Crippen molar-refractivity contribution in [3.05, 3.63) is 0 Å². The van der Waals surface area contributed by atoms with Gasteiger partial charge in [0.1, 0.15) is 0 Å². The molecule has 1 fully saturated rings. The van der Waals surface area contributed by atoms with Crippen LogP contribution in [0, 0.1) is 0 Å². The Morgan fingerprint density at radius 1 is 1.58 bits per heavy atom. The van der Waals surface area contributed by atoms with Crippen molar-refractivity contribution in [2.24, 2.45) is 0 Å². The molecule has 0 aromatic rings. The molecule has 1 heterocycles. The maximum absolute atomic E-state index is 5.72. The van der Waals surface area contributed by atoms with Crippen molar-refractivity contribution in [1.82, 2.24) is 0 Å². The summed E-state index contributed by atoms with van der Waals surface area (Å²) in [5.74, 6) is 0.823. The van der Waals surface area contributed by atoms with Gasteiger partial charge in [0.15, 0.2) is 0 Å². The van der Waals surface area contributed by atoms with Crippen LogP contribution in [-0.2, 0) is 21.5 Å². The summed E-state index contributed by atoms with van der Waals surface area (Å²) in [4.78, 5) is 0. The minimum Gasteiger partial charge on any atom is -0.793 e. The summed E-state index contributed by atoms with van der Waals surface area (Å²) in [6, 6.07) is 1.06. The molecule has 1 aliphatic rings. The number of hydrogen-bond acceptors (Lipinski definition) is 3. The molecule has 1 aliphatic heterocycles. The molecule has 0 aromatic heterocycles. The molecule has 2 unspecified atom stereocenters. The second-order valence-corrected chi connectivity index (χ2v) is 6.88. The van der Waals surface area contributed by atoms with E-state index in [1.165, 1.54) is 0 Å². The van der Waals surface area contributed by atoms with E-state index in [4.69, 9.17) is 21.5 Å². The molecule has 66 valence electrons. The van der Waals surface area contributed by atoms with Crippen molar-refractivity contribution in [3.8, 4) is 0 Å². The summed E-state index contributed by atoms with van der Waals surface area (Å²) >= 11 is 4.88. The number of rotatable bonds is 3. The fourth-order valence-corrected chi connectivity index (χ4v) is 4.37. The van der Waals surface area contributed by atoms with Crippen LogP contribution in [0.2, 0.25) is 12.6 Å². The van der Waals surface area contributed by atoms with E-state index in [-0.39, 0.29) is 29.6 Å². The van der Waals surface area contributed by atoms with Crippen LogP contribution in [0.3, 0.4) is 0 Å². The standard InChI is InChI=1S/C7H16O2SSi.Na/c1-7-6-8-11(2,9-7)5-3-4-10;/h7,10H,3-6H2,1-2H3;/q;+1/p-1. The monoisotopic (exact) mass is 214 g/mol. The zero-order chi connectivity index (χ0) is 8.32. The van der Waals surface area contributed by atoms with Gasteiger partial charge in [-0.05, 0) is 19.5 Å². The molecule has 2 nitrogen and oxygen atoms in total. The number of hydrogen-bond donors (Lipinski definition) is 0. The Bertz CT molecular complexity index is 139. The van der Waals surface area contributed by atoms with Gasteiger partial charge in [0.25, 0.3) is 0 Å². The third kappa shape index (κ3) is 4.13. The molecule has 0 aromatic carbocycles. The van der Waals surface area contributed by atoms with Gasteiger partial charge in [-0.3, -0.25) is 0 Å². The van der Waals surface area contributed by atoms with Crippen molar-refractivity contribution < 1.29 is 38.4 Å². The van der Waals surface area contributed by atoms with Crippen LogP contribution in [0.4, 0.5) is 0 Å². The van der Waals surface area contributed by atoms with Crippen LogP contribution in [-0.4, -0.2) is 27.0 Å². The summed E-state index contributed by atoms with van der Waals surface area (Å²) in [6.45, 7) is 4.97. The molecule has 0 aliphatic carbocycles. The van der Waals surface area contributed by atoms with Gasteiger partial charge >= 0.3 is 38.1 Å². The Balaban J connectivity index is 0.00000121.